The topological polar surface area (TPSA) is 42.7 Å². The minimum Gasteiger partial charge on any atom is -0.456 e. The van der Waals surface area contributed by atoms with Crippen molar-refractivity contribution in [2.75, 3.05) is 4.90 Å². The number of nitrogens with zero attached hydrogens (tertiary/aromatic N) is 1. The summed E-state index contributed by atoms with van der Waals surface area (Å²) < 4.78 is 19.8. The van der Waals surface area contributed by atoms with Gasteiger partial charge in [-0.3, -0.25) is 0 Å². The number of anilines is 3. The van der Waals surface area contributed by atoms with E-state index in [0.717, 1.165) is 88.4 Å². The maximum Gasteiger partial charge on any atom is 0.159 e. The largest absolute Gasteiger partial charge is 0.456 e. The molecule has 0 aliphatic heterocycles. The highest BCUT2D eigenvalue weighted by Gasteiger charge is 2.36. The van der Waals surface area contributed by atoms with Crippen LogP contribution < -0.4 is 4.90 Å². The van der Waals surface area contributed by atoms with E-state index in [4.69, 9.17) is 13.3 Å². The monoisotopic (exact) mass is 707 g/mol. The van der Waals surface area contributed by atoms with Gasteiger partial charge in [0.1, 0.15) is 27.9 Å². The van der Waals surface area contributed by atoms with Crippen LogP contribution in [0.3, 0.4) is 0 Å². The maximum atomic E-state index is 6.75. The Hall–Kier alpha value is -7.04. The van der Waals surface area contributed by atoms with Gasteiger partial charge in [0.25, 0.3) is 0 Å². The van der Waals surface area contributed by atoms with Crippen molar-refractivity contribution in [2.24, 2.45) is 0 Å². The van der Waals surface area contributed by atoms with Crippen LogP contribution in [0.4, 0.5) is 17.1 Å². The molecule has 55 heavy (non-hydrogen) atoms. The van der Waals surface area contributed by atoms with E-state index in [2.05, 4.69) is 164 Å². The van der Waals surface area contributed by atoms with Crippen molar-refractivity contribution in [3.05, 3.63) is 175 Å². The lowest BCUT2D eigenvalue weighted by atomic mass is 9.82. The Morgan fingerprint density at radius 3 is 1.91 bits per heavy atom. The fourth-order valence-corrected chi connectivity index (χ4v) is 9.15. The van der Waals surface area contributed by atoms with Gasteiger partial charge < -0.3 is 18.2 Å². The van der Waals surface area contributed by atoms with E-state index < -0.39 is 0 Å². The number of rotatable bonds is 4. The van der Waals surface area contributed by atoms with Crippen LogP contribution in [0.5, 0.6) is 0 Å². The molecule has 1 aliphatic rings. The molecule has 1 aliphatic carbocycles. The molecule has 0 saturated carbocycles. The SMILES string of the molecule is CC1(C)c2ccccc2-c2ccc(N(c3ccc4c(c3)oc3cc5c(cc34)oc3ccc(-c4ccccc4)cc35)c3cccc4c3oc3ccccc34)cc21. The predicted octanol–water partition coefficient (Wildman–Crippen LogP) is 14.8. The maximum absolute atomic E-state index is 6.75. The normalized spacial score (nSPS) is 13.4. The van der Waals surface area contributed by atoms with E-state index in [1.54, 1.807) is 0 Å². The zero-order valence-corrected chi connectivity index (χ0v) is 30.3. The molecular weight excluding hydrogens is 675 g/mol. The van der Waals surface area contributed by atoms with Crippen LogP contribution in [0.25, 0.3) is 88.1 Å². The van der Waals surface area contributed by atoms with Crippen molar-refractivity contribution < 1.29 is 13.3 Å². The molecule has 12 rings (SSSR count). The molecule has 11 aromatic rings. The van der Waals surface area contributed by atoms with Crippen LogP contribution in [0.2, 0.25) is 0 Å². The van der Waals surface area contributed by atoms with E-state index in [1.807, 2.05) is 18.2 Å². The molecule has 8 aromatic carbocycles. The van der Waals surface area contributed by atoms with Crippen molar-refractivity contribution >= 4 is 82.9 Å². The molecule has 0 spiro atoms. The summed E-state index contributed by atoms with van der Waals surface area (Å²) in [5.41, 5.74) is 15.5. The third-order valence-corrected chi connectivity index (χ3v) is 11.9. The quantitative estimate of drug-likeness (QED) is 0.183. The Morgan fingerprint density at radius 1 is 0.382 bits per heavy atom. The average molecular weight is 708 g/mol. The van der Waals surface area contributed by atoms with Crippen molar-refractivity contribution in [3.8, 4) is 22.3 Å². The Balaban J connectivity index is 1.06. The summed E-state index contributed by atoms with van der Waals surface area (Å²) in [7, 11) is 0. The van der Waals surface area contributed by atoms with Gasteiger partial charge in [0.05, 0.1) is 11.4 Å². The van der Waals surface area contributed by atoms with Gasteiger partial charge in [-0.1, -0.05) is 111 Å². The van der Waals surface area contributed by atoms with E-state index >= 15 is 0 Å². The second-order valence-electron chi connectivity index (χ2n) is 15.3. The number of hydrogen-bond acceptors (Lipinski definition) is 4. The van der Waals surface area contributed by atoms with Gasteiger partial charge >= 0.3 is 0 Å². The molecule has 3 aromatic heterocycles. The van der Waals surface area contributed by atoms with Crippen LogP contribution in [-0.4, -0.2) is 0 Å². The highest BCUT2D eigenvalue weighted by Crippen LogP contribution is 2.51. The van der Waals surface area contributed by atoms with E-state index in [-0.39, 0.29) is 5.41 Å². The summed E-state index contributed by atoms with van der Waals surface area (Å²) in [6.45, 7) is 4.66. The minimum absolute atomic E-state index is 0.148. The first kappa shape index (κ1) is 30.4. The summed E-state index contributed by atoms with van der Waals surface area (Å²) in [4.78, 5) is 2.32. The number of hydrogen-bond donors (Lipinski definition) is 0. The Kier molecular flexibility index (Phi) is 6.09. The van der Waals surface area contributed by atoms with Crippen LogP contribution >= 0.6 is 0 Å². The molecule has 0 radical (unpaired) electrons. The summed E-state index contributed by atoms with van der Waals surface area (Å²) in [6, 6.07) is 58.1. The standard InChI is InChI=1S/C51H33NO3/c1-51(2)42-16-8-6-13-34(42)35-22-20-32(26-43(35)51)52(44-17-10-15-38-36-14-7-9-18-45(36)55-50(38)44)33-21-23-37-40-28-49-41(29-48(40)54-47(37)27-33)39-25-31(19-24-46(39)53-49)30-11-4-3-5-12-30/h3-29H,1-2H3. The van der Waals surface area contributed by atoms with Crippen LogP contribution in [-0.2, 0) is 5.41 Å². The van der Waals surface area contributed by atoms with Crippen molar-refractivity contribution in [1.82, 2.24) is 0 Å². The first-order valence-electron chi connectivity index (χ1n) is 18.8. The number of benzene rings is 8. The molecule has 0 fully saturated rings. The lowest BCUT2D eigenvalue weighted by Crippen LogP contribution is -2.16. The molecule has 260 valence electrons. The molecule has 0 atom stereocenters. The third-order valence-electron chi connectivity index (χ3n) is 11.9. The zero-order chi connectivity index (χ0) is 36.4. The van der Waals surface area contributed by atoms with Crippen LogP contribution in [0.15, 0.2) is 177 Å². The lowest BCUT2D eigenvalue weighted by Gasteiger charge is -2.28. The van der Waals surface area contributed by atoms with Gasteiger partial charge in [-0.15, -0.1) is 0 Å². The fourth-order valence-electron chi connectivity index (χ4n) is 9.15. The van der Waals surface area contributed by atoms with Crippen LogP contribution in [0, 0.1) is 0 Å². The van der Waals surface area contributed by atoms with Gasteiger partial charge in [0, 0.05) is 49.5 Å². The average Bonchev–Trinajstić information content (AvgIpc) is 3.95. The molecule has 0 N–H and O–H groups in total. The highest BCUT2D eigenvalue weighted by molar-refractivity contribution is 6.16. The number of fused-ring (bicyclic) bond motifs is 12. The van der Waals surface area contributed by atoms with E-state index in [0.29, 0.717) is 0 Å². The van der Waals surface area contributed by atoms with Gasteiger partial charge in [-0.05, 0) is 94.0 Å². The van der Waals surface area contributed by atoms with Crippen molar-refractivity contribution in [3.63, 3.8) is 0 Å². The first-order valence-corrected chi connectivity index (χ1v) is 18.8. The molecule has 0 saturated heterocycles. The molecule has 3 heterocycles. The molecule has 4 nitrogen and oxygen atoms in total. The minimum atomic E-state index is -0.148. The first-order chi connectivity index (χ1) is 27.0. The number of para-hydroxylation sites is 2. The van der Waals surface area contributed by atoms with Crippen LogP contribution in [0.1, 0.15) is 25.0 Å². The van der Waals surface area contributed by atoms with Crippen molar-refractivity contribution in [1.29, 1.82) is 0 Å². The number of furan rings is 3. The summed E-state index contributed by atoms with van der Waals surface area (Å²) in [6.07, 6.45) is 0. The van der Waals surface area contributed by atoms with E-state index in [1.165, 1.54) is 27.8 Å². The van der Waals surface area contributed by atoms with Crippen molar-refractivity contribution in [2.45, 2.75) is 19.3 Å². The predicted molar refractivity (Wildman–Crippen MR) is 226 cm³/mol. The summed E-state index contributed by atoms with van der Waals surface area (Å²) in [5.74, 6) is 0. The molecule has 0 bridgehead atoms. The lowest BCUT2D eigenvalue weighted by molar-refractivity contribution is 0.660. The zero-order valence-electron chi connectivity index (χ0n) is 30.3. The van der Waals surface area contributed by atoms with Gasteiger partial charge in [-0.2, -0.15) is 0 Å². The smallest absolute Gasteiger partial charge is 0.159 e. The summed E-state index contributed by atoms with van der Waals surface area (Å²) in [5, 5.41) is 6.37. The Labute approximate surface area is 316 Å². The molecular formula is C51H33NO3. The third kappa shape index (κ3) is 4.34. The summed E-state index contributed by atoms with van der Waals surface area (Å²) >= 11 is 0. The second kappa shape index (κ2) is 11.0. The molecule has 0 amide bonds. The molecule has 0 unspecified atom stereocenters. The highest BCUT2D eigenvalue weighted by atomic mass is 16.3. The van der Waals surface area contributed by atoms with Gasteiger partial charge in [0.15, 0.2) is 5.58 Å². The van der Waals surface area contributed by atoms with E-state index in [9.17, 15) is 0 Å². The molecule has 4 heteroatoms. The van der Waals surface area contributed by atoms with Gasteiger partial charge in [-0.25, -0.2) is 0 Å². The van der Waals surface area contributed by atoms with Gasteiger partial charge in [0.2, 0.25) is 0 Å². The Morgan fingerprint density at radius 2 is 1.02 bits per heavy atom. The second-order valence-corrected chi connectivity index (χ2v) is 15.3. The fraction of sp³-hybridized carbons (Fsp3) is 0.0588. The Bertz CT molecular complexity index is 3360.